The molecule has 0 radical (unpaired) electrons. The first-order chi connectivity index (χ1) is 12.6. The molecule has 1 atom stereocenters. The van der Waals surface area contributed by atoms with Crippen LogP contribution < -0.4 is 5.32 Å². The first-order valence-electron chi connectivity index (χ1n) is 8.88. The number of piperidine rings is 1. The van der Waals surface area contributed by atoms with Crippen LogP contribution in [0.3, 0.4) is 0 Å². The number of aromatic nitrogens is 4. The normalized spacial score (nSPS) is 18.1. The van der Waals surface area contributed by atoms with Gasteiger partial charge in [0.25, 0.3) is 0 Å². The molecule has 3 aromatic rings. The van der Waals surface area contributed by atoms with Gasteiger partial charge < -0.3 is 5.32 Å². The van der Waals surface area contributed by atoms with Gasteiger partial charge in [-0.15, -0.1) is 6.42 Å². The van der Waals surface area contributed by atoms with Crippen LogP contribution in [0.15, 0.2) is 18.5 Å². The molecule has 134 valence electrons. The minimum atomic E-state index is 0.702. The molecule has 0 saturated carbocycles. The lowest BCUT2D eigenvalue weighted by Gasteiger charge is -2.30. The Morgan fingerprint density at radius 3 is 3.15 bits per heavy atom. The van der Waals surface area contributed by atoms with E-state index in [4.69, 9.17) is 6.42 Å². The van der Waals surface area contributed by atoms with Crippen molar-refractivity contribution in [1.29, 1.82) is 0 Å². The monoisotopic (exact) mass is 366 g/mol. The van der Waals surface area contributed by atoms with Gasteiger partial charge in [0.1, 0.15) is 10.7 Å². The molecule has 0 bridgehead atoms. The number of anilines is 2. The Balaban J connectivity index is 1.53. The van der Waals surface area contributed by atoms with Gasteiger partial charge in [-0.2, -0.15) is 4.37 Å². The fourth-order valence-corrected chi connectivity index (χ4v) is 4.18. The number of hydrogen-bond donors (Lipinski definition) is 1. The molecule has 0 aromatic carbocycles. The van der Waals surface area contributed by atoms with Crippen LogP contribution in [0.5, 0.6) is 0 Å². The van der Waals surface area contributed by atoms with Crippen molar-refractivity contribution in [1.82, 2.24) is 23.6 Å². The summed E-state index contributed by atoms with van der Waals surface area (Å²) < 4.78 is 6.50. The maximum absolute atomic E-state index is 5.55. The largest absolute Gasteiger partial charge is 0.328 e. The maximum Gasteiger partial charge on any atom is 0.181 e. The summed E-state index contributed by atoms with van der Waals surface area (Å²) in [6.07, 6.45) is 11.8. The number of hydrogen-bond acceptors (Lipinski definition) is 6. The van der Waals surface area contributed by atoms with Gasteiger partial charge in [-0.05, 0) is 49.8 Å². The lowest BCUT2D eigenvalue weighted by atomic mass is 10.0. The van der Waals surface area contributed by atoms with Crippen molar-refractivity contribution in [2.45, 2.75) is 33.2 Å². The van der Waals surface area contributed by atoms with Crippen molar-refractivity contribution in [2.75, 3.05) is 18.4 Å². The molecule has 0 spiro atoms. The third kappa shape index (κ3) is 3.43. The Morgan fingerprint density at radius 1 is 1.46 bits per heavy atom. The van der Waals surface area contributed by atoms with E-state index >= 15 is 0 Å². The van der Waals surface area contributed by atoms with Crippen LogP contribution in [-0.4, -0.2) is 36.7 Å². The summed E-state index contributed by atoms with van der Waals surface area (Å²) in [5.74, 6) is 4.13. The Morgan fingerprint density at radius 2 is 2.35 bits per heavy atom. The highest BCUT2D eigenvalue weighted by Crippen LogP contribution is 2.26. The quantitative estimate of drug-likeness (QED) is 0.717. The van der Waals surface area contributed by atoms with Crippen molar-refractivity contribution >= 4 is 28.0 Å². The standard InChI is InChI=1S/C19H22N6S/c1-4-16-9-20-19-18(21-14(3)11-25(16)19)22-17-8-15(23-26-17)12-24-7-5-6-13(2)10-24/h1,8-9,11,13H,5-7,10,12H2,2-3H3,(H,21,22). The lowest BCUT2D eigenvalue weighted by molar-refractivity contribution is 0.175. The summed E-state index contributed by atoms with van der Waals surface area (Å²) >= 11 is 1.46. The molecule has 0 amide bonds. The molecule has 26 heavy (non-hydrogen) atoms. The van der Waals surface area contributed by atoms with Gasteiger partial charge in [-0.3, -0.25) is 9.30 Å². The van der Waals surface area contributed by atoms with E-state index < -0.39 is 0 Å². The smallest absolute Gasteiger partial charge is 0.181 e. The van der Waals surface area contributed by atoms with E-state index in [1.807, 2.05) is 17.5 Å². The predicted octanol–water partition coefficient (Wildman–Crippen LogP) is 3.45. The minimum absolute atomic E-state index is 0.702. The zero-order valence-corrected chi connectivity index (χ0v) is 15.9. The van der Waals surface area contributed by atoms with Crippen LogP contribution in [0.25, 0.3) is 5.65 Å². The second-order valence-electron chi connectivity index (χ2n) is 7.00. The molecular weight excluding hydrogens is 344 g/mol. The highest BCUT2D eigenvalue weighted by atomic mass is 32.1. The van der Waals surface area contributed by atoms with Crippen LogP contribution in [0.4, 0.5) is 10.8 Å². The molecule has 3 aromatic heterocycles. The number of imidazole rings is 1. The van der Waals surface area contributed by atoms with Crippen molar-refractivity contribution in [3.63, 3.8) is 0 Å². The Bertz CT molecular complexity index is 966. The number of likely N-dealkylation sites (tertiary alicyclic amines) is 1. The van der Waals surface area contributed by atoms with E-state index in [1.165, 1.54) is 24.4 Å². The van der Waals surface area contributed by atoms with Gasteiger partial charge in [-0.25, -0.2) is 9.97 Å². The SMILES string of the molecule is C#Cc1cnc2c(Nc3cc(CN4CCCC(C)C4)ns3)nc(C)cn12. The average molecular weight is 366 g/mol. The summed E-state index contributed by atoms with van der Waals surface area (Å²) in [7, 11) is 0. The second kappa shape index (κ2) is 7.06. The van der Waals surface area contributed by atoms with Crippen LogP contribution in [0.1, 0.15) is 36.8 Å². The molecular formula is C19H22N6S. The molecule has 4 rings (SSSR count). The van der Waals surface area contributed by atoms with E-state index in [0.717, 1.165) is 53.3 Å². The Hall–Kier alpha value is -2.43. The summed E-state index contributed by atoms with van der Waals surface area (Å²) in [5, 5.41) is 4.33. The van der Waals surface area contributed by atoms with E-state index in [-0.39, 0.29) is 0 Å². The molecule has 1 aliphatic heterocycles. The molecule has 1 fully saturated rings. The maximum atomic E-state index is 5.55. The van der Waals surface area contributed by atoms with Gasteiger partial charge >= 0.3 is 0 Å². The summed E-state index contributed by atoms with van der Waals surface area (Å²) in [5.41, 5.74) is 3.42. The molecule has 0 aliphatic carbocycles. The average Bonchev–Trinajstić information content (AvgIpc) is 3.21. The summed E-state index contributed by atoms with van der Waals surface area (Å²) in [4.78, 5) is 11.5. The Kier molecular flexibility index (Phi) is 4.62. The van der Waals surface area contributed by atoms with E-state index in [1.54, 1.807) is 6.20 Å². The van der Waals surface area contributed by atoms with E-state index in [9.17, 15) is 0 Å². The van der Waals surface area contributed by atoms with Crippen LogP contribution in [0.2, 0.25) is 0 Å². The first kappa shape index (κ1) is 17.0. The van der Waals surface area contributed by atoms with E-state index in [0.29, 0.717) is 5.82 Å². The minimum Gasteiger partial charge on any atom is -0.328 e. The topological polar surface area (TPSA) is 58.4 Å². The van der Waals surface area contributed by atoms with Crippen molar-refractivity contribution in [2.24, 2.45) is 5.92 Å². The zero-order valence-electron chi connectivity index (χ0n) is 15.1. The van der Waals surface area contributed by atoms with Gasteiger partial charge in [0.05, 0.1) is 17.6 Å². The number of nitrogens with one attached hydrogen (secondary N) is 1. The summed E-state index contributed by atoms with van der Waals surface area (Å²) in [6.45, 7) is 7.49. The number of nitrogens with zero attached hydrogens (tertiary/aromatic N) is 5. The molecule has 4 heterocycles. The number of fused-ring (bicyclic) bond motifs is 1. The number of rotatable bonds is 4. The zero-order chi connectivity index (χ0) is 18.1. The molecule has 1 saturated heterocycles. The molecule has 1 N–H and O–H groups in total. The second-order valence-corrected chi connectivity index (χ2v) is 7.81. The first-order valence-corrected chi connectivity index (χ1v) is 9.66. The van der Waals surface area contributed by atoms with Crippen molar-refractivity contribution in [3.05, 3.63) is 35.5 Å². The van der Waals surface area contributed by atoms with Crippen molar-refractivity contribution in [3.8, 4) is 12.3 Å². The third-order valence-electron chi connectivity index (χ3n) is 4.69. The van der Waals surface area contributed by atoms with Gasteiger partial charge in [0.15, 0.2) is 11.5 Å². The predicted molar refractivity (Wildman–Crippen MR) is 105 cm³/mol. The van der Waals surface area contributed by atoms with E-state index in [2.05, 4.69) is 43.5 Å². The molecule has 7 heteroatoms. The fraction of sp³-hybridized carbons (Fsp3) is 0.421. The van der Waals surface area contributed by atoms with Crippen LogP contribution in [-0.2, 0) is 6.54 Å². The third-order valence-corrected chi connectivity index (χ3v) is 5.43. The van der Waals surface area contributed by atoms with Crippen LogP contribution >= 0.6 is 11.5 Å². The van der Waals surface area contributed by atoms with Gasteiger partial charge in [0.2, 0.25) is 0 Å². The van der Waals surface area contributed by atoms with Crippen LogP contribution in [0, 0.1) is 25.2 Å². The molecule has 1 unspecified atom stereocenters. The molecule has 1 aliphatic rings. The highest BCUT2D eigenvalue weighted by Gasteiger charge is 2.18. The lowest BCUT2D eigenvalue weighted by Crippen LogP contribution is -2.33. The van der Waals surface area contributed by atoms with Crippen molar-refractivity contribution < 1.29 is 0 Å². The van der Waals surface area contributed by atoms with Gasteiger partial charge in [-0.1, -0.05) is 12.8 Å². The van der Waals surface area contributed by atoms with Gasteiger partial charge in [0, 0.05) is 19.3 Å². The highest BCUT2D eigenvalue weighted by molar-refractivity contribution is 7.10. The summed E-state index contributed by atoms with van der Waals surface area (Å²) in [6, 6.07) is 2.11. The number of terminal acetylenes is 1. The fourth-order valence-electron chi connectivity index (χ4n) is 3.52. The Labute approximate surface area is 157 Å². The molecule has 6 nitrogen and oxygen atoms in total. The number of aryl methyl sites for hydroxylation is 1.